The number of aryl methyl sites for hydroxylation is 1. The normalized spacial score (nSPS) is 10.3. The van der Waals surface area contributed by atoms with Crippen molar-refractivity contribution in [2.24, 2.45) is 0 Å². The fraction of sp³-hybridized carbons (Fsp3) is 0.0909. The van der Waals surface area contributed by atoms with E-state index < -0.39 is 0 Å². The molecule has 1 aromatic heterocycles. The van der Waals surface area contributed by atoms with E-state index >= 15 is 0 Å². The number of nitrogens with zero attached hydrogens (tertiary/aromatic N) is 2. The molecule has 0 spiro atoms. The minimum absolute atomic E-state index is 0.305. The lowest BCUT2D eigenvalue weighted by molar-refractivity contribution is 0.627. The maximum atomic E-state index is 12.9. The van der Waals surface area contributed by atoms with Crippen LogP contribution in [-0.2, 0) is 0 Å². The molecular formula is C11H10BrFN4. The Morgan fingerprint density at radius 1 is 1.29 bits per heavy atom. The zero-order valence-electron chi connectivity index (χ0n) is 9.04. The summed E-state index contributed by atoms with van der Waals surface area (Å²) in [6.07, 6.45) is 0. The molecule has 2 rings (SSSR count). The second-order valence-corrected chi connectivity index (χ2v) is 4.33. The van der Waals surface area contributed by atoms with Gasteiger partial charge in [0.2, 0.25) is 0 Å². The fourth-order valence-corrected chi connectivity index (χ4v) is 1.83. The van der Waals surface area contributed by atoms with Crippen LogP contribution in [0.5, 0.6) is 0 Å². The highest BCUT2D eigenvalue weighted by Gasteiger charge is 2.04. The molecule has 0 unspecified atom stereocenters. The molecule has 0 fully saturated rings. The van der Waals surface area contributed by atoms with Crippen LogP contribution < -0.4 is 11.1 Å². The van der Waals surface area contributed by atoms with Gasteiger partial charge >= 0.3 is 0 Å². The lowest BCUT2D eigenvalue weighted by Gasteiger charge is -2.08. The van der Waals surface area contributed by atoms with E-state index in [9.17, 15) is 4.39 Å². The van der Waals surface area contributed by atoms with E-state index in [0.717, 1.165) is 0 Å². The van der Waals surface area contributed by atoms with Gasteiger partial charge < -0.3 is 11.1 Å². The maximum absolute atomic E-state index is 12.9. The Labute approximate surface area is 106 Å². The minimum atomic E-state index is -0.305. The highest BCUT2D eigenvalue weighted by atomic mass is 79.9. The molecule has 4 nitrogen and oxygen atoms in total. The molecule has 0 aliphatic rings. The first-order valence-electron chi connectivity index (χ1n) is 4.88. The van der Waals surface area contributed by atoms with Crippen molar-refractivity contribution in [3.8, 4) is 0 Å². The third-order valence-corrected chi connectivity index (χ3v) is 2.71. The van der Waals surface area contributed by atoms with Crippen molar-refractivity contribution in [1.82, 2.24) is 9.97 Å². The van der Waals surface area contributed by atoms with E-state index in [4.69, 9.17) is 5.73 Å². The smallest absolute Gasteiger partial charge is 0.136 e. The van der Waals surface area contributed by atoms with Crippen LogP contribution in [0.1, 0.15) is 5.82 Å². The number of benzene rings is 1. The number of anilines is 3. The quantitative estimate of drug-likeness (QED) is 0.894. The first-order chi connectivity index (χ1) is 8.04. The Bertz CT molecular complexity index is 539. The van der Waals surface area contributed by atoms with Gasteiger partial charge in [-0.2, -0.15) is 0 Å². The summed E-state index contributed by atoms with van der Waals surface area (Å²) in [7, 11) is 0. The standard InChI is InChI=1S/C11H10BrFN4/c1-6-15-10(14)5-11(16-6)17-9-3-2-7(13)4-8(9)12/h2-5H,1H3,(H3,14,15,16,17). The van der Waals surface area contributed by atoms with Crippen LogP contribution in [0.25, 0.3) is 0 Å². The van der Waals surface area contributed by atoms with E-state index in [1.54, 1.807) is 19.1 Å². The lowest BCUT2D eigenvalue weighted by atomic mass is 10.3. The molecular weight excluding hydrogens is 287 g/mol. The van der Waals surface area contributed by atoms with Gasteiger partial charge in [-0.25, -0.2) is 14.4 Å². The lowest BCUT2D eigenvalue weighted by Crippen LogP contribution is -2.01. The van der Waals surface area contributed by atoms with Crippen molar-refractivity contribution in [1.29, 1.82) is 0 Å². The molecule has 3 N–H and O–H groups in total. The van der Waals surface area contributed by atoms with Crippen LogP contribution in [0, 0.1) is 12.7 Å². The average Bonchev–Trinajstić information content (AvgIpc) is 2.21. The molecule has 17 heavy (non-hydrogen) atoms. The van der Waals surface area contributed by atoms with Crippen LogP contribution in [0.2, 0.25) is 0 Å². The molecule has 0 aliphatic carbocycles. The molecule has 1 heterocycles. The third-order valence-electron chi connectivity index (χ3n) is 2.05. The minimum Gasteiger partial charge on any atom is -0.384 e. The number of nitrogens with one attached hydrogen (secondary N) is 1. The van der Waals surface area contributed by atoms with E-state index in [1.165, 1.54) is 12.1 Å². The molecule has 2 aromatic rings. The number of nitrogens with two attached hydrogens (primary N) is 1. The van der Waals surface area contributed by atoms with Gasteiger partial charge in [-0.3, -0.25) is 0 Å². The molecule has 0 radical (unpaired) electrons. The van der Waals surface area contributed by atoms with Crippen molar-refractivity contribution in [2.75, 3.05) is 11.1 Å². The monoisotopic (exact) mass is 296 g/mol. The van der Waals surface area contributed by atoms with Crippen LogP contribution >= 0.6 is 15.9 Å². The van der Waals surface area contributed by atoms with Gasteiger partial charge in [0.15, 0.2) is 0 Å². The van der Waals surface area contributed by atoms with Gasteiger partial charge in [0.05, 0.1) is 5.69 Å². The predicted octanol–water partition coefficient (Wildman–Crippen LogP) is 3.01. The molecule has 0 saturated carbocycles. The molecule has 0 saturated heterocycles. The van der Waals surface area contributed by atoms with E-state index in [-0.39, 0.29) is 5.82 Å². The summed E-state index contributed by atoms with van der Waals surface area (Å²) in [6.45, 7) is 1.75. The topological polar surface area (TPSA) is 63.8 Å². The number of nitrogen functional groups attached to an aromatic ring is 1. The summed E-state index contributed by atoms with van der Waals surface area (Å²) in [5.41, 5.74) is 6.32. The zero-order valence-corrected chi connectivity index (χ0v) is 10.6. The van der Waals surface area contributed by atoms with Crippen LogP contribution in [-0.4, -0.2) is 9.97 Å². The highest BCUT2D eigenvalue weighted by molar-refractivity contribution is 9.10. The summed E-state index contributed by atoms with van der Waals surface area (Å²) in [6, 6.07) is 5.97. The second-order valence-electron chi connectivity index (χ2n) is 3.47. The summed E-state index contributed by atoms with van der Waals surface area (Å²) < 4.78 is 13.5. The van der Waals surface area contributed by atoms with E-state index in [1.807, 2.05) is 0 Å². The molecule has 88 valence electrons. The van der Waals surface area contributed by atoms with Crippen molar-refractivity contribution in [3.05, 3.63) is 40.4 Å². The molecule has 0 atom stereocenters. The summed E-state index contributed by atoms with van der Waals surface area (Å²) in [5, 5.41) is 3.04. The number of halogens is 2. The maximum Gasteiger partial charge on any atom is 0.136 e. The SMILES string of the molecule is Cc1nc(N)cc(Nc2ccc(F)cc2Br)n1. The molecule has 1 aromatic carbocycles. The van der Waals surface area contributed by atoms with Gasteiger partial charge in [0.1, 0.15) is 23.3 Å². The van der Waals surface area contributed by atoms with Gasteiger partial charge in [-0.15, -0.1) is 0 Å². The Morgan fingerprint density at radius 2 is 2.06 bits per heavy atom. The largest absolute Gasteiger partial charge is 0.384 e. The van der Waals surface area contributed by atoms with Gasteiger partial charge in [-0.1, -0.05) is 0 Å². The number of aromatic nitrogens is 2. The molecule has 0 bridgehead atoms. The Morgan fingerprint density at radius 3 is 2.71 bits per heavy atom. The fourth-order valence-electron chi connectivity index (χ4n) is 1.38. The summed E-state index contributed by atoms with van der Waals surface area (Å²) >= 11 is 3.26. The van der Waals surface area contributed by atoms with Gasteiger partial charge in [0, 0.05) is 10.5 Å². The van der Waals surface area contributed by atoms with Crippen molar-refractivity contribution >= 4 is 33.3 Å². The third kappa shape index (κ3) is 2.91. The van der Waals surface area contributed by atoms with Crippen molar-refractivity contribution in [2.45, 2.75) is 6.92 Å². The first-order valence-corrected chi connectivity index (χ1v) is 5.67. The van der Waals surface area contributed by atoms with Crippen molar-refractivity contribution < 1.29 is 4.39 Å². The Kier molecular flexibility index (Phi) is 3.23. The van der Waals surface area contributed by atoms with Gasteiger partial charge in [-0.05, 0) is 41.1 Å². The average molecular weight is 297 g/mol. The highest BCUT2D eigenvalue weighted by Crippen LogP contribution is 2.26. The van der Waals surface area contributed by atoms with E-state index in [2.05, 4.69) is 31.2 Å². The molecule has 0 aliphatic heterocycles. The van der Waals surface area contributed by atoms with Gasteiger partial charge in [0.25, 0.3) is 0 Å². The summed E-state index contributed by atoms with van der Waals surface area (Å²) in [5.74, 6) is 1.23. The predicted molar refractivity (Wildman–Crippen MR) is 68.6 cm³/mol. The van der Waals surface area contributed by atoms with Crippen molar-refractivity contribution in [3.63, 3.8) is 0 Å². The van der Waals surface area contributed by atoms with Crippen LogP contribution in [0.3, 0.4) is 0 Å². The van der Waals surface area contributed by atoms with E-state index in [0.29, 0.717) is 27.6 Å². The molecule has 6 heteroatoms. The number of rotatable bonds is 2. The van der Waals surface area contributed by atoms with Crippen LogP contribution in [0.4, 0.5) is 21.7 Å². The van der Waals surface area contributed by atoms with Crippen LogP contribution in [0.15, 0.2) is 28.7 Å². The number of hydrogen-bond acceptors (Lipinski definition) is 4. The second kappa shape index (κ2) is 4.67. The molecule has 0 amide bonds. The number of hydrogen-bond donors (Lipinski definition) is 2. The zero-order chi connectivity index (χ0) is 12.4. The Hall–Kier alpha value is -1.69. The summed E-state index contributed by atoms with van der Waals surface area (Å²) in [4.78, 5) is 8.14. The Balaban J connectivity index is 2.31. The first kappa shape index (κ1) is 11.8.